The van der Waals surface area contributed by atoms with E-state index in [0.29, 0.717) is 18.0 Å². The van der Waals surface area contributed by atoms with Crippen LogP contribution in [0.1, 0.15) is 108 Å². The number of anilines is 2. The molecule has 0 saturated heterocycles. The van der Waals surface area contributed by atoms with Crippen LogP contribution in [0.15, 0.2) is 0 Å². The Morgan fingerprint density at radius 2 is 0.923 bits per heavy atom. The molecule has 1 aromatic heterocycles. The van der Waals surface area contributed by atoms with E-state index in [9.17, 15) is 0 Å². The molecule has 5 nitrogen and oxygen atoms in total. The van der Waals surface area contributed by atoms with Gasteiger partial charge in [-0.05, 0) is 38.5 Å². The van der Waals surface area contributed by atoms with Crippen LogP contribution in [0.25, 0.3) is 0 Å². The van der Waals surface area contributed by atoms with E-state index < -0.39 is 0 Å². The Morgan fingerprint density at radius 1 is 0.500 bits per heavy atom. The summed E-state index contributed by atoms with van der Waals surface area (Å²) >= 11 is 0. The third-order valence-corrected chi connectivity index (χ3v) is 6.50. The first-order chi connectivity index (χ1) is 12.9. The van der Waals surface area contributed by atoms with Gasteiger partial charge in [0.2, 0.25) is 11.9 Å². The normalized spacial score (nSPS) is 23.7. The zero-order chi connectivity index (χ0) is 17.6. The van der Waals surface area contributed by atoms with Crippen molar-refractivity contribution in [1.29, 1.82) is 0 Å². The molecule has 0 aliphatic heterocycles. The molecule has 1 heterocycles. The van der Waals surface area contributed by atoms with Crippen LogP contribution in [0.5, 0.6) is 0 Å². The van der Waals surface area contributed by atoms with Gasteiger partial charge in [0.15, 0.2) is 0 Å². The van der Waals surface area contributed by atoms with Gasteiger partial charge in [0.05, 0.1) is 0 Å². The molecule has 0 aromatic carbocycles. The summed E-state index contributed by atoms with van der Waals surface area (Å²) < 4.78 is 0. The number of rotatable bonds is 5. The number of hydrogen-bond donors (Lipinski definition) is 2. The van der Waals surface area contributed by atoms with E-state index in [1.54, 1.807) is 0 Å². The summed E-state index contributed by atoms with van der Waals surface area (Å²) in [5.41, 5.74) is 0. The second-order valence-corrected chi connectivity index (χ2v) is 8.63. The summed E-state index contributed by atoms with van der Waals surface area (Å²) in [7, 11) is 0. The van der Waals surface area contributed by atoms with Crippen LogP contribution in [0.4, 0.5) is 11.9 Å². The smallest absolute Gasteiger partial charge is 0.227 e. The molecule has 0 bridgehead atoms. The van der Waals surface area contributed by atoms with Crippen molar-refractivity contribution in [3.8, 4) is 0 Å². The lowest BCUT2D eigenvalue weighted by Crippen LogP contribution is -2.27. The van der Waals surface area contributed by atoms with Gasteiger partial charge in [0.1, 0.15) is 5.82 Å². The maximum atomic E-state index is 4.87. The Balaban J connectivity index is 1.51. The average Bonchev–Trinajstić information content (AvgIpc) is 2.70. The topological polar surface area (TPSA) is 62.7 Å². The van der Waals surface area contributed by atoms with Gasteiger partial charge in [-0.15, -0.1) is 0 Å². The summed E-state index contributed by atoms with van der Waals surface area (Å²) in [4.78, 5) is 14.5. The molecule has 0 radical (unpaired) electrons. The second kappa shape index (κ2) is 9.01. The van der Waals surface area contributed by atoms with E-state index >= 15 is 0 Å². The molecule has 2 N–H and O–H groups in total. The predicted octanol–water partition coefficient (Wildman–Crippen LogP) is 5.41. The van der Waals surface area contributed by atoms with Gasteiger partial charge in [-0.1, -0.05) is 57.8 Å². The van der Waals surface area contributed by atoms with Crippen molar-refractivity contribution in [2.75, 3.05) is 10.6 Å². The molecular weight excluding hydrogens is 322 g/mol. The van der Waals surface area contributed by atoms with Crippen molar-refractivity contribution in [3.63, 3.8) is 0 Å². The highest BCUT2D eigenvalue weighted by atomic mass is 15.2. The van der Waals surface area contributed by atoms with E-state index in [-0.39, 0.29) is 0 Å². The number of aromatic nitrogens is 3. The van der Waals surface area contributed by atoms with E-state index in [2.05, 4.69) is 10.6 Å². The molecule has 3 fully saturated rings. The third-order valence-electron chi connectivity index (χ3n) is 6.50. The van der Waals surface area contributed by atoms with Gasteiger partial charge in [-0.25, -0.2) is 0 Å². The number of nitrogens with one attached hydrogen (secondary N) is 2. The molecule has 0 spiro atoms. The van der Waals surface area contributed by atoms with Gasteiger partial charge < -0.3 is 10.6 Å². The monoisotopic (exact) mass is 357 g/mol. The molecule has 0 unspecified atom stereocenters. The summed E-state index contributed by atoms with van der Waals surface area (Å²) in [6.07, 6.45) is 19.5. The van der Waals surface area contributed by atoms with E-state index in [4.69, 9.17) is 15.0 Å². The quantitative estimate of drug-likeness (QED) is 0.738. The minimum Gasteiger partial charge on any atom is -0.351 e. The molecule has 144 valence electrons. The molecule has 0 amide bonds. The Kier molecular flexibility index (Phi) is 6.23. The predicted molar refractivity (Wildman–Crippen MR) is 107 cm³/mol. The van der Waals surface area contributed by atoms with Gasteiger partial charge in [0.25, 0.3) is 0 Å². The standard InChI is InChI=1S/C21H35N5/c1-4-10-16(11-5-1)19-24-20(22-17-12-6-2-7-13-17)26-21(25-19)23-18-14-8-3-9-15-18/h16-18H,1-15H2,(H2,22,23,24,25,26). The van der Waals surface area contributed by atoms with Gasteiger partial charge in [-0.2, -0.15) is 15.0 Å². The highest BCUT2D eigenvalue weighted by molar-refractivity contribution is 5.37. The summed E-state index contributed by atoms with van der Waals surface area (Å²) in [6, 6.07) is 1.07. The second-order valence-electron chi connectivity index (χ2n) is 8.63. The van der Waals surface area contributed by atoms with Gasteiger partial charge in [0, 0.05) is 18.0 Å². The summed E-state index contributed by atoms with van der Waals surface area (Å²) in [5.74, 6) is 3.17. The van der Waals surface area contributed by atoms with Crippen LogP contribution in [-0.4, -0.2) is 27.0 Å². The molecule has 1 aromatic rings. The van der Waals surface area contributed by atoms with Crippen LogP contribution in [0.3, 0.4) is 0 Å². The number of hydrogen-bond acceptors (Lipinski definition) is 5. The lowest BCUT2D eigenvalue weighted by atomic mass is 9.89. The molecule has 26 heavy (non-hydrogen) atoms. The minimum absolute atomic E-state index is 0.519. The maximum absolute atomic E-state index is 4.87. The van der Waals surface area contributed by atoms with E-state index in [1.807, 2.05) is 0 Å². The van der Waals surface area contributed by atoms with Crippen molar-refractivity contribution in [2.45, 2.75) is 114 Å². The minimum atomic E-state index is 0.519. The first-order valence-electron chi connectivity index (χ1n) is 11.2. The SMILES string of the molecule is C1CCC(Nc2nc(NC3CCCCC3)nc(C3CCCCC3)n2)CC1. The molecular formula is C21H35N5. The third kappa shape index (κ3) is 4.86. The lowest BCUT2D eigenvalue weighted by molar-refractivity contribution is 0.426. The fourth-order valence-corrected chi connectivity index (χ4v) is 4.92. The lowest BCUT2D eigenvalue weighted by Gasteiger charge is -2.26. The highest BCUT2D eigenvalue weighted by Crippen LogP contribution is 2.32. The van der Waals surface area contributed by atoms with Crippen LogP contribution in [0.2, 0.25) is 0 Å². The van der Waals surface area contributed by atoms with Crippen molar-refractivity contribution in [1.82, 2.24) is 15.0 Å². The van der Waals surface area contributed by atoms with E-state index in [0.717, 1.165) is 17.7 Å². The first kappa shape index (κ1) is 18.0. The Bertz CT molecular complexity index is 519. The summed E-state index contributed by atoms with van der Waals surface area (Å²) in [6.45, 7) is 0. The zero-order valence-electron chi connectivity index (χ0n) is 16.2. The zero-order valence-corrected chi connectivity index (χ0v) is 16.2. The molecule has 3 aliphatic carbocycles. The van der Waals surface area contributed by atoms with Crippen LogP contribution >= 0.6 is 0 Å². The van der Waals surface area contributed by atoms with Crippen molar-refractivity contribution in [3.05, 3.63) is 5.82 Å². The van der Waals surface area contributed by atoms with E-state index in [1.165, 1.54) is 96.3 Å². The fraction of sp³-hybridized carbons (Fsp3) is 0.857. The molecule has 4 rings (SSSR count). The first-order valence-corrected chi connectivity index (χ1v) is 11.2. The van der Waals surface area contributed by atoms with Crippen LogP contribution < -0.4 is 10.6 Å². The van der Waals surface area contributed by atoms with Gasteiger partial charge in [-0.3, -0.25) is 0 Å². The van der Waals surface area contributed by atoms with Crippen molar-refractivity contribution < 1.29 is 0 Å². The van der Waals surface area contributed by atoms with Crippen LogP contribution in [-0.2, 0) is 0 Å². The average molecular weight is 358 g/mol. The van der Waals surface area contributed by atoms with Crippen molar-refractivity contribution in [2.24, 2.45) is 0 Å². The Labute approximate surface area is 158 Å². The number of nitrogens with zero attached hydrogens (tertiary/aromatic N) is 3. The molecule has 0 atom stereocenters. The van der Waals surface area contributed by atoms with Crippen molar-refractivity contribution >= 4 is 11.9 Å². The Hall–Kier alpha value is -1.39. The molecule has 3 saturated carbocycles. The highest BCUT2D eigenvalue weighted by Gasteiger charge is 2.23. The molecule has 5 heteroatoms. The van der Waals surface area contributed by atoms with Crippen LogP contribution in [0, 0.1) is 0 Å². The maximum Gasteiger partial charge on any atom is 0.227 e. The van der Waals surface area contributed by atoms with Gasteiger partial charge >= 0.3 is 0 Å². The largest absolute Gasteiger partial charge is 0.351 e. The summed E-state index contributed by atoms with van der Waals surface area (Å²) in [5, 5.41) is 7.27. The Morgan fingerprint density at radius 3 is 1.38 bits per heavy atom. The molecule has 3 aliphatic rings. The fourth-order valence-electron chi connectivity index (χ4n) is 4.92.